The molecule has 1 aromatic heterocycles. The second-order valence-electron chi connectivity index (χ2n) is 4.08. The number of carboxylic acid groups (broad SMARTS) is 1. The molecule has 0 aromatic carbocycles. The summed E-state index contributed by atoms with van der Waals surface area (Å²) in [6.45, 7) is 3.39. The zero-order valence-corrected chi connectivity index (χ0v) is 11.7. The summed E-state index contributed by atoms with van der Waals surface area (Å²) in [5.74, 6) is -2.20. The van der Waals surface area contributed by atoms with Crippen LogP contribution in [0.3, 0.4) is 0 Å². The molecule has 0 radical (unpaired) electrons. The molecule has 114 valence electrons. The molecule has 10 heteroatoms. The molecule has 0 bridgehead atoms. The van der Waals surface area contributed by atoms with Crippen LogP contribution in [0.25, 0.3) is 0 Å². The van der Waals surface area contributed by atoms with E-state index in [4.69, 9.17) is 5.11 Å². The lowest BCUT2D eigenvalue weighted by atomic mass is 10.2. The first-order valence-electron chi connectivity index (χ1n) is 5.88. The van der Waals surface area contributed by atoms with Crippen molar-refractivity contribution in [2.24, 2.45) is 0 Å². The van der Waals surface area contributed by atoms with Gasteiger partial charge in [-0.15, -0.1) is 5.10 Å². The number of carbonyl (C=O) groups excluding carboxylic acids is 2. The van der Waals surface area contributed by atoms with Crippen LogP contribution in [0.1, 0.15) is 17.8 Å². The summed E-state index contributed by atoms with van der Waals surface area (Å²) in [6.07, 6.45) is -0.495. The van der Waals surface area contributed by atoms with Gasteiger partial charge in [0.25, 0.3) is 5.95 Å². The van der Waals surface area contributed by atoms with E-state index in [1.54, 1.807) is 13.8 Å². The first-order chi connectivity index (χ1) is 9.83. The molecule has 1 heterocycles. The maximum atomic E-state index is 11.6. The van der Waals surface area contributed by atoms with Crippen LogP contribution in [-0.4, -0.2) is 51.4 Å². The molecule has 0 aliphatic carbocycles. The molecule has 21 heavy (non-hydrogen) atoms. The Bertz CT molecular complexity index is 562. The third-order valence-electron chi connectivity index (χ3n) is 2.52. The number of nitrogens with zero attached hydrogens (tertiary/aromatic N) is 3. The normalized spacial score (nSPS) is 11.4. The van der Waals surface area contributed by atoms with E-state index >= 15 is 0 Å². The van der Waals surface area contributed by atoms with Gasteiger partial charge >= 0.3 is 18.0 Å². The second-order valence-corrected chi connectivity index (χ2v) is 4.08. The standard InChI is InChI=1S/C11H15N5O5/c1-5-6(2)15-16-10(12-5)14-11(20)13-7(9(18)19)4-8(17)21-3/h7H,4H2,1-3H3,(H,18,19)(H2,12,13,14,16,20)/t7-/m0/s1. The van der Waals surface area contributed by atoms with E-state index in [0.717, 1.165) is 7.11 Å². The van der Waals surface area contributed by atoms with Crippen molar-refractivity contribution in [2.75, 3.05) is 12.4 Å². The zero-order chi connectivity index (χ0) is 16.0. The summed E-state index contributed by atoms with van der Waals surface area (Å²) in [5.41, 5.74) is 1.18. The first-order valence-corrected chi connectivity index (χ1v) is 5.88. The monoisotopic (exact) mass is 297 g/mol. The van der Waals surface area contributed by atoms with Gasteiger partial charge in [-0.25, -0.2) is 14.6 Å². The van der Waals surface area contributed by atoms with E-state index < -0.39 is 30.4 Å². The number of esters is 1. The Morgan fingerprint density at radius 1 is 1.24 bits per heavy atom. The van der Waals surface area contributed by atoms with Crippen molar-refractivity contribution < 1.29 is 24.2 Å². The highest BCUT2D eigenvalue weighted by Crippen LogP contribution is 2.02. The molecule has 0 spiro atoms. The molecule has 2 amide bonds. The number of methoxy groups -OCH3 is 1. The summed E-state index contributed by atoms with van der Waals surface area (Å²) in [7, 11) is 1.12. The van der Waals surface area contributed by atoms with Crippen molar-refractivity contribution in [3.8, 4) is 0 Å². The number of hydrogen-bond acceptors (Lipinski definition) is 7. The van der Waals surface area contributed by atoms with Crippen molar-refractivity contribution in [1.29, 1.82) is 0 Å². The molecule has 10 nitrogen and oxygen atoms in total. The average molecular weight is 297 g/mol. The van der Waals surface area contributed by atoms with E-state index in [1.165, 1.54) is 0 Å². The van der Waals surface area contributed by atoms with Gasteiger partial charge in [0, 0.05) is 0 Å². The Morgan fingerprint density at radius 2 is 1.90 bits per heavy atom. The molecule has 0 fully saturated rings. The number of ether oxygens (including phenoxy) is 1. The molecular weight excluding hydrogens is 282 g/mol. The van der Waals surface area contributed by atoms with E-state index in [9.17, 15) is 14.4 Å². The molecule has 1 rings (SSSR count). The largest absolute Gasteiger partial charge is 0.480 e. The predicted molar refractivity (Wildman–Crippen MR) is 69.5 cm³/mol. The van der Waals surface area contributed by atoms with Crippen molar-refractivity contribution in [1.82, 2.24) is 20.5 Å². The van der Waals surface area contributed by atoms with Crippen molar-refractivity contribution >= 4 is 23.9 Å². The Balaban J connectivity index is 2.67. The summed E-state index contributed by atoms with van der Waals surface area (Å²) in [6, 6.07) is -2.28. The summed E-state index contributed by atoms with van der Waals surface area (Å²) >= 11 is 0. The number of anilines is 1. The number of amides is 2. The lowest BCUT2D eigenvalue weighted by Gasteiger charge is -2.13. The minimum atomic E-state index is -1.42. The average Bonchev–Trinajstić information content (AvgIpc) is 2.41. The van der Waals surface area contributed by atoms with Gasteiger partial charge in [0.15, 0.2) is 0 Å². The van der Waals surface area contributed by atoms with E-state index in [2.05, 4.69) is 30.6 Å². The second kappa shape index (κ2) is 7.12. The first kappa shape index (κ1) is 16.3. The Morgan fingerprint density at radius 3 is 2.43 bits per heavy atom. The van der Waals surface area contributed by atoms with Crippen LogP contribution in [0, 0.1) is 13.8 Å². The van der Waals surface area contributed by atoms with Crippen LogP contribution >= 0.6 is 0 Å². The van der Waals surface area contributed by atoms with Crippen LogP contribution in [0.4, 0.5) is 10.7 Å². The summed E-state index contributed by atoms with van der Waals surface area (Å²) in [4.78, 5) is 37.6. The number of rotatable bonds is 5. The SMILES string of the molecule is COC(=O)C[C@H](NC(=O)Nc1nnc(C)c(C)n1)C(=O)O. The molecule has 0 aliphatic rings. The van der Waals surface area contributed by atoms with Crippen molar-refractivity contribution in [2.45, 2.75) is 26.3 Å². The van der Waals surface area contributed by atoms with Gasteiger partial charge < -0.3 is 15.2 Å². The Kier molecular flexibility index (Phi) is 5.52. The van der Waals surface area contributed by atoms with Crippen LogP contribution in [0.2, 0.25) is 0 Å². The van der Waals surface area contributed by atoms with Gasteiger partial charge in [-0.3, -0.25) is 10.1 Å². The highest BCUT2D eigenvalue weighted by Gasteiger charge is 2.24. The number of hydrogen-bond donors (Lipinski definition) is 3. The van der Waals surface area contributed by atoms with Crippen molar-refractivity contribution in [3.63, 3.8) is 0 Å². The number of carbonyl (C=O) groups is 3. The van der Waals surface area contributed by atoms with Crippen LogP contribution in [-0.2, 0) is 14.3 Å². The molecule has 0 saturated heterocycles. The number of aromatic nitrogens is 3. The summed E-state index contributed by atoms with van der Waals surface area (Å²) < 4.78 is 4.35. The maximum Gasteiger partial charge on any atom is 0.326 e. The number of aliphatic carboxylic acids is 1. The van der Waals surface area contributed by atoms with Gasteiger partial charge in [0.2, 0.25) is 0 Å². The number of nitrogens with one attached hydrogen (secondary N) is 2. The molecule has 0 unspecified atom stereocenters. The third-order valence-corrected chi connectivity index (χ3v) is 2.52. The predicted octanol–water partition coefficient (Wildman–Crippen LogP) is -0.374. The molecular formula is C11H15N5O5. The molecule has 1 atom stereocenters. The van der Waals surface area contributed by atoms with Gasteiger partial charge in [-0.2, -0.15) is 5.10 Å². The molecule has 3 N–H and O–H groups in total. The van der Waals surface area contributed by atoms with Gasteiger partial charge in [-0.1, -0.05) is 0 Å². The molecule has 0 saturated carbocycles. The van der Waals surface area contributed by atoms with Crippen LogP contribution in [0.15, 0.2) is 0 Å². The lowest BCUT2D eigenvalue weighted by Crippen LogP contribution is -2.44. The van der Waals surface area contributed by atoms with Gasteiger partial charge in [0.1, 0.15) is 6.04 Å². The zero-order valence-electron chi connectivity index (χ0n) is 11.7. The van der Waals surface area contributed by atoms with Crippen LogP contribution < -0.4 is 10.6 Å². The Hall–Kier alpha value is -2.78. The number of urea groups is 1. The topological polar surface area (TPSA) is 143 Å². The number of aryl methyl sites for hydroxylation is 2. The molecule has 1 aromatic rings. The Labute approximate surface area is 119 Å². The van der Waals surface area contributed by atoms with Gasteiger partial charge in [0.05, 0.1) is 24.9 Å². The summed E-state index contributed by atoms with van der Waals surface area (Å²) in [5, 5.41) is 20.7. The minimum absolute atomic E-state index is 0.0715. The smallest absolute Gasteiger partial charge is 0.326 e. The van der Waals surface area contributed by atoms with E-state index in [1.807, 2.05) is 0 Å². The van der Waals surface area contributed by atoms with E-state index in [0.29, 0.717) is 11.4 Å². The van der Waals surface area contributed by atoms with Crippen molar-refractivity contribution in [3.05, 3.63) is 11.4 Å². The number of carboxylic acids is 1. The quantitative estimate of drug-likeness (QED) is 0.624. The fourth-order valence-electron chi connectivity index (χ4n) is 1.26. The van der Waals surface area contributed by atoms with E-state index in [-0.39, 0.29) is 5.95 Å². The fraction of sp³-hybridized carbons (Fsp3) is 0.455. The van der Waals surface area contributed by atoms with Crippen LogP contribution in [0.5, 0.6) is 0 Å². The highest BCUT2D eigenvalue weighted by atomic mass is 16.5. The van der Waals surface area contributed by atoms with Gasteiger partial charge in [-0.05, 0) is 13.8 Å². The molecule has 0 aliphatic heterocycles. The highest BCUT2D eigenvalue weighted by molar-refractivity contribution is 5.92. The maximum absolute atomic E-state index is 11.6. The fourth-order valence-corrected chi connectivity index (χ4v) is 1.26. The minimum Gasteiger partial charge on any atom is -0.480 e. The lowest BCUT2D eigenvalue weighted by molar-refractivity contribution is -0.147. The third kappa shape index (κ3) is 5.01.